The quantitative estimate of drug-likeness (QED) is 0.692. The van der Waals surface area contributed by atoms with Crippen LogP contribution in [0.2, 0.25) is 0 Å². The number of halogens is 1. The number of benzene rings is 1. The highest BCUT2D eigenvalue weighted by atomic mass is 19.1. The van der Waals surface area contributed by atoms with Crippen molar-refractivity contribution in [1.29, 1.82) is 0 Å². The van der Waals surface area contributed by atoms with E-state index in [9.17, 15) is 14.5 Å². The summed E-state index contributed by atoms with van der Waals surface area (Å²) in [5.74, 6) is -0.536. The smallest absolute Gasteiger partial charge is 0.272 e. The Morgan fingerprint density at radius 2 is 2.13 bits per heavy atom. The van der Waals surface area contributed by atoms with Crippen molar-refractivity contribution in [1.82, 2.24) is 15.2 Å². The van der Waals surface area contributed by atoms with Gasteiger partial charge in [-0.1, -0.05) is 0 Å². The Hall–Kier alpha value is -2.38. The Morgan fingerprint density at radius 3 is 2.83 bits per heavy atom. The highest BCUT2D eigenvalue weighted by Gasteiger charge is 2.25. The monoisotopic (exact) mass is 316 g/mol. The summed E-state index contributed by atoms with van der Waals surface area (Å²) in [7, 11) is 0. The van der Waals surface area contributed by atoms with E-state index in [0.29, 0.717) is 12.1 Å². The third-order valence-corrected chi connectivity index (χ3v) is 4.07. The van der Waals surface area contributed by atoms with Gasteiger partial charge < -0.3 is 5.32 Å². The summed E-state index contributed by atoms with van der Waals surface area (Å²) in [6.45, 7) is 2.80. The molecule has 6 nitrogen and oxygen atoms in total. The number of nitro groups is 1. The maximum Gasteiger partial charge on any atom is 0.272 e. The van der Waals surface area contributed by atoms with Gasteiger partial charge in [0.2, 0.25) is 0 Å². The minimum Gasteiger partial charge on any atom is -0.314 e. The largest absolute Gasteiger partial charge is 0.314 e. The Labute approximate surface area is 133 Å². The predicted molar refractivity (Wildman–Crippen MR) is 83.3 cm³/mol. The van der Waals surface area contributed by atoms with Crippen LogP contribution in [0.15, 0.2) is 42.7 Å². The third kappa shape index (κ3) is 3.52. The Morgan fingerprint density at radius 1 is 1.35 bits per heavy atom. The van der Waals surface area contributed by atoms with Crippen LogP contribution in [0.25, 0.3) is 0 Å². The van der Waals surface area contributed by atoms with Crippen molar-refractivity contribution in [3.05, 3.63) is 69.8 Å². The lowest BCUT2D eigenvalue weighted by atomic mass is 10.0. The van der Waals surface area contributed by atoms with E-state index in [1.54, 1.807) is 12.4 Å². The molecule has 1 unspecified atom stereocenters. The van der Waals surface area contributed by atoms with Crippen molar-refractivity contribution in [2.45, 2.75) is 12.6 Å². The summed E-state index contributed by atoms with van der Waals surface area (Å²) < 4.78 is 14.1. The van der Waals surface area contributed by atoms with Crippen molar-refractivity contribution in [3.63, 3.8) is 0 Å². The topological polar surface area (TPSA) is 71.3 Å². The molecule has 1 aliphatic heterocycles. The van der Waals surface area contributed by atoms with Crippen LogP contribution < -0.4 is 5.32 Å². The number of nitrogens with zero attached hydrogens (tertiary/aromatic N) is 3. The summed E-state index contributed by atoms with van der Waals surface area (Å²) in [5, 5.41) is 14.0. The molecule has 1 aromatic carbocycles. The van der Waals surface area contributed by atoms with E-state index in [0.717, 1.165) is 31.3 Å². The van der Waals surface area contributed by atoms with Crippen LogP contribution in [-0.2, 0) is 6.54 Å². The molecule has 1 fully saturated rings. The van der Waals surface area contributed by atoms with Crippen LogP contribution in [-0.4, -0.2) is 34.4 Å². The third-order valence-electron chi connectivity index (χ3n) is 4.07. The predicted octanol–water partition coefficient (Wildman–Crippen LogP) is 2.28. The Bertz CT molecular complexity index is 696. The SMILES string of the molecule is O=[N+]([O-])c1ccc(CN2CCNCC2c2ccncc2)c(F)c1. The van der Waals surface area contributed by atoms with E-state index in [-0.39, 0.29) is 11.7 Å². The van der Waals surface area contributed by atoms with Gasteiger partial charge in [0.05, 0.1) is 11.0 Å². The van der Waals surface area contributed by atoms with E-state index in [1.165, 1.54) is 12.1 Å². The first kappa shape index (κ1) is 15.5. The van der Waals surface area contributed by atoms with Crippen molar-refractivity contribution in [3.8, 4) is 0 Å². The molecule has 0 bridgehead atoms. The number of aromatic nitrogens is 1. The molecule has 1 aromatic heterocycles. The van der Waals surface area contributed by atoms with E-state index in [2.05, 4.69) is 15.2 Å². The Balaban J connectivity index is 1.81. The molecule has 120 valence electrons. The summed E-state index contributed by atoms with van der Waals surface area (Å²) in [5.41, 5.74) is 1.36. The van der Waals surface area contributed by atoms with Gasteiger partial charge in [-0.05, 0) is 23.8 Å². The standard InChI is InChI=1S/C16H17FN4O2/c17-15-9-14(21(22)23)2-1-13(15)11-20-8-7-19-10-16(20)12-3-5-18-6-4-12/h1-6,9,16,19H,7-8,10-11H2. The first-order valence-electron chi connectivity index (χ1n) is 7.42. The van der Waals surface area contributed by atoms with Gasteiger partial charge >= 0.3 is 0 Å². The second kappa shape index (κ2) is 6.80. The zero-order valence-corrected chi connectivity index (χ0v) is 12.5. The fraction of sp³-hybridized carbons (Fsp3) is 0.312. The maximum atomic E-state index is 14.1. The fourth-order valence-electron chi connectivity index (χ4n) is 2.85. The molecule has 2 aromatic rings. The molecule has 23 heavy (non-hydrogen) atoms. The van der Waals surface area contributed by atoms with Crippen LogP contribution in [0, 0.1) is 15.9 Å². The molecule has 1 saturated heterocycles. The van der Waals surface area contributed by atoms with E-state index in [1.807, 2.05) is 12.1 Å². The highest BCUT2D eigenvalue weighted by molar-refractivity contribution is 5.34. The minimum absolute atomic E-state index is 0.126. The fourth-order valence-corrected chi connectivity index (χ4v) is 2.85. The summed E-state index contributed by atoms with van der Waals surface area (Å²) >= 11 is 0. The number of hydrogen-bond acceptors (Lipinski definition) is 5. The van der Waals surface area contributed by atoms with E-state index >= 15 is 0 Å². The molecule has 2 heterocycles. The van der Waals surface area contributed by atoms with Gasteiger partial charge in [-0.2, -0.15) is 0 Å². The molecule has 1 aliphatic rings. The molecule has 1 atom stereocenters. The van der Waals surface area contributed by atoms with Gasteiger partial charge in [-0.15, -0.1) is 0 Å². The molecular formula is C16H17FN4O2. The van der Waals surface area contributed by atoms with Gasteiger partial charge in [-0.25, -0.2) is 4.39 Å². The second-order valence-electron chi connectivity index (χ2n) is 5.50. The highest BCUT2D eigenvalue weighted by Crippen LogP contribution is 2.25. The van der Waals surface area contributed by atoms with Crippen molar-refractivity contribution in [2.24, 2.45) is 0 Å². The van der Waals surface area contributed by atoms with Gasteiger partial charge in [0.25, 0.3) is 5.69 Å². The Kier molecular flexibility index (Phi) is 4.59. The lowest BCUT2D eigenvalue weighted by Crippen LogP contribution is -2.45. The van der Waals surface area contributed by atoms with Gasteiger partial charge in [-0.3, -0.25) is 20.0 Å². The summed E-state index contributed by atoms with van der Waals surface area (Å²) in [6.07, 6.45) is 3.49. The van der Waals surface area contributed by atoms with Crippen LogP contribution in [0.3, 0.4) is 0 Å². The van der Waals surface area contributed by atoms with Crippen LogP contribution in [0.5, 0.6) is 0 Å². The summed E-state index contributed by atoms with van der Waals surface area (Å²) in [6, 6.07) is 7.87. The first-order chi connectivity index (χ1) is 11.1. The zero-order chi connectivity index (χ0) is 16.2. The van der Waals surface area contributed by atoms with Crippen molar-refractivity contribution >= 4 is 5.69 Å². The molecule has 0 aliphatic carbocycles. The molecule has 0 radical (unpaired) electrons. The number of pyridine rings is 1. The lowest BCUT2D eigenvalue weighted by Gasteiger charge is -2.36. The van der Waals surface area contributed by atoms with Crippen LogP contribution in [0.4, 0.5) is 10.1 Å². The zero-order valence-electron chi connectivity index (χ0n) is 12.5. The second-order valence-corrected chi connectivity index (χ2v) is 5.50. The van der Waals surface area contributed by atoms with Crippen LogP contribution >= 0.6 is 0 Å². The number of nitro benzene ring substituents is 1. The molecule has 1 N–H and O–H groups in total. The lowest BCUT2D eigenvalue weighted by molar-refractivity contribution is -0.385. The molecule has 0 spiro atoms. The summed E-state index contributed by atoms with van der Waals surface area (Å²) in [4.78, 5) is 16.3. The number of non-ortho nitro benzene ring substituents is 1. The molecule has 0 saturated carbocycles. The van der Waals surface area contributed by atoms with Gasteiger partial charge in [0.1, 0.15) is 5.82 Å². The molecular weight excluding hydrogens is 299 g/mol. The number of hydrogen-bond donors (Lipinski definition) is 1. The minimum atomic E-state index is -0.586. The molecule has 3 rings (SSSR count). The average Bonchev–Trinajstić information content (AvgIpc) is 2.58. The van der Waals surface area contributed by atoms with Crippen molar-refractivity contribution < 1.29 is 9.31 Å². The number of piperazine rings is 1. The van der Waals surface area contributed by atoms with Gasteiger partial charge in [0.15, 0.2) is 0 Å². The van der Waals surface area contributed by atoms with E-state index < -0.39 is 10.7 Å². The molecule has 7 heteroatoms. The maximum absolute atomic E-state index is 14.1. The normalized spacial score (nSPS) is 18.7. The molecule has 0 amide bonds. The van der Waals surface area contributed by atoms with Crippen molar-refractivity contribution in [2.75, 3.05) is 19.6 Å². The van der Waals surface area contributed by atoms with E-state index in [4.69, 9.17) is 0 Å². The van der Waals surface area contributed by atoms with Crippen LogP contribution in [0.1, 0.15) is 17.2 Å². The first-order valence-corrected chi connectivity index (χ1v) is 7.42. The van der Waals surface area contributed by atoms with Gasteiger partial charge in [0, 0.05) is 56.2 Å². The number of nitrogens with one attached hydrogen (secondary N) is 1. The number of rotatable bonds is 4. The average molecular weight is 316 g/mol.